The Labute approximate surface area is 128 Å². The van der Waals surface area contributed by atoms with Crippen LogP contribution >= 0.6 is 15.9 Å². The topological polar surface area (TPSA) is 29.1 Å². The number of amides is 1. The van der Waals surface area contributed by atoms with Gasteiger partial charge >= 0.3 is 0 Å². The Morgan fingerprint density at radius 3 is 2.65 bits per heavy atom. The molecule has 3 heteroatoms. The summed E-state index contributed by atoms with van der Waals surface area (Å²) in [4.78, 5) is 12.2. The fraction of sp³-hybridized carbons (Fsp3) is 0.353. The van der Waals surface area contributed by atoms with Crippen molar-refractivity contribution in [2.75, 3.05) is 11.9 Å². The lowest BCUT2D eigenvalue weighted by molar-refractivity contribution is 0.0946. The highest BCUT2D eigenvalue weighted by molar-refractivity contribution is 9.09. The van der Waals surface area contributed by atoms with Crippen molar-refractivity contribution in [3.8, 4) is 0 Å². The molecule has 1 atom stereocenters. The zero-order valence-electron chi connectivity index (χ0n) is 11.7. The minimum Gasteiger partial charge on any atom is -0.352 e. The molecule has 0 heterocycles. The van der Waals surface area contributed by atoms with Gasteiger partial charge in [0.05, 0.1) is 0 Å². The predicted molar refractivity (Wildman–Crippen MR) is 88.5 cm³/mol. The molecular weight excluding hydrogens is 314 g/mol. The van der Waals surface area contributed by atoms with Crippen LogP contribution in [0.5, 0.6) is 0 Å². The van der Waals surface area contributed by atoms with E-state index in [4.69, 9.17) is 0 Å². The first-order valence-electron chi connectivity index (χ1n) is 7.07. The molecule has 0 aliphatic carbocycles. The van der Waals surface area contributed by atoms with E-state index in [1.54, 1.807) is 0 Å². The third-order valence-corrected chi connectivity index (χ3v) is 4.12. The number of halogens is 1. The molecular formula is C17H20BrNO. The second-order valence-corrected chi connectivity index (χ2v) is 5.82. The number of hydrogen-bond donors (Lipinski definition) is 1. The Morgan fingerprint density at radius 1 is 1.20 bits per heavy atom. The van der Waals surface area contributed by atoms with Gasteiger partial charge in [-0.15, -0.1) is 0 Å². The first-order chi connectivity index (χ1) is 9.74. The zero-order valence-corrected chi connectivity index (χ0v) is 13.3. The van der Waals surface area contributed by atoms with E-state index in [0.29, 0.717) is 5.92 Å². The normalized spacial score (nSPS) is 12.3. The summed E-state index contributed by atoms with van der Waals surface area (Å²) >= 11 is 3.46. The predicted octanol–water partition coefficient (Wildman–Crippen LogP) is 4.38. The number of benzene rings is 2. The summed E-state index contributed by atoms with van der Waals surface area (Å²) in [5, 5.41) is 6.29. The van der Waals surface area contributed by atoms with Crippen LogP contribution in [-0.4, -0.2) is 17.8 Å². The number of alkyl halides is 1. The summed E-state index contributed by atoms with van der Waals surface area (Å²) in [6.45, 7) is 2.91. The molecule has 2 aromatic carbocycles. The van der Waals surface area contributed by atoms with E-state index < -0.39 is 0 Å². The zero-order chi connectivity index (χ0) is 14.4. The van der Waals surface area contributed by atoms with E-state index >= 15 is 0 Å². The smallest absolute Gasteiger partial charge is 0.251 e. The Morgan fingerprint density at radius 2 is 1.95 bits per heavy atom. The van der Waals surface area contributed by atoms with Crippen LogP contribution in [0.3, 0.4) is 0 Å². The fourth-order valence-electron chi connectivity index (χ4n) is 2.27. The van der Waals surface area contributed by atoms with Crippen molar-refractivity contribution in [2.24, 2.45) is 5.92 Å². The van der Waals surface area contributed by atoms with Gasteiger partial charge in [-0.3, -0.25) is 4.79 Å². The van der Waals surface area contributed by atoms with Gasteiger partial charge in [-0.1, -0.05) is 59.6 Å². The van der Waals surface area contributed by atoms with Crippen molar-refractivity contribution in [1.29, 1.82) is 0 Å². The second kappa shape index (κ2) is 7.44. The van der Waals surface area contributed by atoms with Crippen LogP contribution in [0.25, 0.3) is 10.8 Å². The first kappa shape index (κ1) is 15.0. The van der Waals surface area contributed by atoms with Gasteiger partial charge in [0, 0.05) is 17.4 Å². The number of nitrogens with one attached hydrogen (secondary N) is 1. The lowest BCUT2D eigenvalue weighted by Gasteiger charge is -2.14. The number of fused-ring (bicyclic) bond motifs is 1. The number of hydrogen-bond acceptors (Lipinski definition) is 1. The molecule has 0 spiro atoms. The lowest BCUT2D eigenvalue weighted by atomic mass is 10.0. The van der Waals surface area contributed by atoms with Crippen molar-refractivity contribution in [3.63, 3.8) is 0 Å². The minimum atomic E-state index is 0.0174. The van der Waals surface area contributed by atoms with Gasteiger partial charge < -0.3 is 5.32 Å². The van der Waals surface area contributed by atoms with Gasteiger partial charge in [0.25, 0.3) is 5.91 Å². The van der Waals surface area contributed by atoms with Crippen LogP contribution in [0.15, 0.2) is 42.5 Å². The summed E-state index contributed by atoms with van der Waals surface area (Å²) in [5.41, 5.74) is 0.734. The maximum atomic E-state index is 12.2. The number of rotatable bonds is 6. The summed E-state index contributed by atoms with van der Waals surface area (Å²) < 4.78 is 0. The van der Waals surface area contributed by atoms with Crippen molar-refractivity contribution in [2.45, 2.75) is 19.8 Å². The highest BCUT2D eigenvalue weighted by Crippen LogP contribution is 2.16. The molecule has 0 saturated heterocycles. The standard InChI is InChI=1S/C17H20BrNO/c1-2-13(9-10-18)12-19-17(20)16-8-7-14-5-3-4-6-15(14)11-16/h3-8,11,13H,2,9-10,12H2,1H3,(H,19,20). The van der Waals surface area contributed by atoms with Crippen LogP contribution in [0, 0.1) is 5.92 Å². The summed E-state index contributed by atoms with van der Waals surface area (Å²) in [6, 6.07) is 13.9. The quantitative estimate of drug-likeness (QED) is 0.781. The van der Waals surface area contributed by atoms with Gasteiger partial charge in [0.1, 0.15) is 0 Å². The van der Waals surface area contributed by atoms with Gasteiger partial charge in [-0.2, -0.15) is 0 Å². The number of carbonyl (C=O) groups excluding carboxylic acids is 1. The van der Waals surface area contributed by atoms with Gasteiger partial charge in [-0.05, 0) is 35.2 Å². The number of carbonyl (C=O) groups is 1. The lowest BCUT2D eigenvalue weighted by Crippen LogP contribution is -2.29. The molecule has 1 N–H and O–H groups in total. The molecule has 2 aromatic rings. The molecule has 0 saturated carbocycles. The fourth-order valence-corrected chi connectivity index (χ4v) is 2.92. The molecule has 0 aromatic heterocycles. The summed E-state index contributed by atoms with van der Waals surface area (Å²) in [7, 11) is 0. The molecule has 0 radical (unpaired) electrons. The summed E-state index contributed by atoms with van der Waals surface area (Å²) in [5.74, 6) is 0.558. The minimum absolute atomic E-state index is 0.0174. The largest absolute Gasteiger partial charge is 0.352 e. The van der Waals surface area contributed by atoms with Gasteiger partial charge in [-0.25, -0.2) is 0 Å². The summed E-state index contributed by atoms with van der Waals surface area (Å²) in [6.07, 6.45) is 2.18. The van der Waals surface area contributed by atoms with E-state index in [9.17, 15) is 4.79 Å². The van der Waals surface area contributed by atoms with E-state index in [0.717, 1.165) is 41.1 Å². The van der Waals surface area contributed by atoms with Crippen LogP contribution in [-0.2, 0) is 0 Å². The molecule has 0 aliphatic heterocycles. The maximum Gasteiger partial charge on any atom is 0.251 e. The average molecular weight is 334 g/mol. The first-order valence-corrected chi connectivity index (χ1v) is 8.19. The molecule has 106 valence electrons. The molecule has 2 rings (SSSR count). The Balaban J connectivity index is 2.03. The van der Waals surface area contributed by atoms with Crippen molar-refractivity contribution < 1.29 is 4.79 Å². The van der Waals surface area contributed by atoms with E-state index in [1.165, 1.54) is 0 Å². The molecule has 1 unspecified atom stereocenters. The SMILES string of the molecule is CCC(CCBr)CNC(=O)c1ccc2ccccc2c1. The highest BCUT2D eigenvalue weighted by atomic mass is 79.9. The van der Waals surface area contributed by atoms with Gasteiger partial charge in [0.15, 0.2) is 0 Å². The van der Waals surface area contributed by atoms with Crippen molar-refractivity contribution in [1.82, 2.24) is 5.32 Å². The highest BCUT2D eigenvalue weighted by Gasteiger charge is 2.10. The van der Waals surface area contributed by atoms with Crippen molar-refractivity contribution in [3.05, 3.63) is 48.0 Å². The van der Waals surface area contributed by atoms with Crippen LogP contribution in [0.1, 0.15) is 30.1 Å². The molecule has 2 nitrogen and oxygen atoms in total. The van der Waals surface area contributed by atoms with E-state index in [-0.39, 0.29) is 5.91 Å². The molecule has 20 heavy (non-hydrogen) atoms. The van der Waals surface area contributed by atoms with Crippen molar-refractivity contribution >= 4 is 32.6 Å². The Kier molecular flexibility index (Phi) is 5.60. The Hall–Kier alpha value is -1.35. The molecule has 1 amide bonds. The maximum absolute atomic E-state index is 12.2. The van der Waals surface area contributed by atoms with Crippen LogP contribution in [0.2, 0.25) is 0 Å². The molecule has 0 aliphatic rings. The van der Waals surface area contributed by atoms with E-state index in [1.807, 2.05) is 36.4 Å². The van der Waals surface area contributed by atoms with Crippen LogP contribution in [0.4, 0.5) is 0 Å². The Bertz CT molecular complexity index is 582. The van der Waals surface area contributed by atoms with Crippen LogP contribution < -0.4 is 5.32 Å². The van der Waals surface area contributed by atoms with E-state index in [2.05, 4.69) is 34.2 Å². The molecule has 0 bridgehead atoms. The molecule has 0 fully saturated rings. The third-order valence-electron chi connectivity index (χ3n) is 3.66. The monoisotopic (exact) mass is 333 g/mol. The average Bonchev–Trinajstić information content (AvgIpc) is 2.50. The second-order valence-electron chi connectivity index (χ2n) is 5.02. The van der Waals surface area contributed by atoms with Gasteiger partial charge in [0.2, 0.25) is 0 Å². The third kappa shape index (κ3) is 3.83.